The first-order chi connectivity index (χ1) is 15.2. The lowest BCUT2D eigenvalue weighted by Gasteiger charge is -2.32. The highest BCUT2D eigenvalue weighted by atomic mass is 35.5. The third-order valence-corrected chi connectivity index (χ3v) is 6.90. The van der Waals surface area contributed by atoms with Gasteiger partial charge in [0, 0.05) is 38.4 Å². The van der Waals surface area contributed by atoms with Crippen LogP contribution in [0.25, 0.3) is 26.4 Å². The second kappa shape index (κ2) is 7.74. The van der Waals surface area contributed by atoms with Gasteiger partial charge < -0.3 is 9.64 Å². The molecular formula is C22H25ClN6O2S. The number of ether oxygens (including phenoxy) is 1. The van der Waals surface area contributed by atoms with Crippen molar-refractivity contribution < 1.29 is 9.53 Å². The quantitative estimate of drug-likeness (QED) is 0.405. The summed E-state index contributed by atoms with van der Waals surface area (Å²) in [5.74, 6) is 0.342. The summed E-state index contributed by atoms with van der Waals surface area (Å²) in [6, 6.07) is 3.93. The third kappa shape index (κ3) is 4.06. The number of carbonyl (C=O) groups excluding carboxylic acids is 1. The van der Waals surface area contributed by atoms with Crippen LogP contribution in [-0.2, 0) is 11.8 Å². The highest BCUT2D eigenvalue weighted by molar-refractivity contribution is 7.20. The summed E-state index contributed by atoms with van der Waals surface area (Å²) >= 11 is 8.05. The van der Waals surface area contributed by atoms with Crippen LogP contribution in [0.15, 0.2) is 24.5 Å². The fourth-order valence-electron chi connectivity index (χ4n) is 4.05. The maximum Gasteiger partial charge on any atom is 0.410 e. The molecule has 1 amide bonds. The highest BCUT2D eigenvalue weighted by Crippen LogP contribution is 2.35. The molecule has 1 aliphatic heterocycles. The molecule has 0 N–H and O–H groups in total. The smallest absolute Gasteiger partial charge is 0.410 e. The van der Waals surface area contributed by atoms with E-state index in [0.717, 1.165) is 39.5 Å². The van der Waals surface area contributed by atoms with Gasteiger partial charge in [0.1, 0.15) is 16.6 Å². The summed E-state index contributed by atoms with van der Waals surface area (Å²) < 4.78 is 7.57. The number of likely N-dealkylation sites (tertiary alicyclic amines) is 1. The van der Waals surface area contributed by atoms with Crippen molar-refractivity contribution in [1.82, 2.24) is 29.3 Å². The Hall–Kier alpha value is -2.65. The minimum atomic E-state index is -0.471. The molecule has 0 bridgehead atoms. The van der Waals surface area contributed by atoms with Gasteiger partial charge in [0.05, 0.1) is 15.6 Å². The van der Waals surface area contributed by atoms with Crippen molar-refractivity contribution in [2.45, 2.75) is 45.1 Å². The van der Waals surface area contributed by atoms with Crippen LogP contribution >= 0.6 is 22.9 Å². The normalized spacial score (nSPS) is 15.7. The third-order valence-electron chi connectivity index (χ3n) is 5.56. The van der Waals surface area contributed by atoms with Gasteiger partial charge in [0.2, 0.25) is 0 Å². The van der Waals surface area contributed by atoms with Crippen molar-refractivity contribution >= 4 is 45.0 Å². The maximum atomic E-state index is 12.3. The first-order valence-corrected chi connectivity index (χ1v) is 11.8. The van der Waals surface area contributed by atoms with Gasteiger partial charge in [-0.05, 0) is 51.3 Å². The predicted octanol–water partition coefficient (Wildman–Crippen LogP) is 5.11. The molecule has 5 rings (SSSR count). The molecule has 4 heterocycles. The zero-order chi connectivity index (χ0) is 22.6. The molecule has 0 radical (unpaired) electrons. The summed E-state index contributed by atoms with van der Waals surface area (Å²) in [4.78, 5) is 22.5. The molecule has 4 aromatic rings. The Balaban J connectivity index is 1.31. The van der Waals surface area contributed by atoms with Gasteiger partial charge in [-0.3, -0.25) is 4.40 Å². The first-order valence-electron chi connectivity index (χ1n) is 10.6. The van der Waals surface area contributed by atoms with Gasteiger partial charge in [0.15, 0.2) is 4.96 Å². The average molecular weight is 473 g/mol. The number of aryl methyl sites for hydroxylation is 1. The number of carbonyl (C=O) groups is 1. The molecule has 1 saturated heterocycles. The number of rotatable bonds is 2. The molecule has 8 nitrogen and oxygen atoms in total. The predicted molar refractivity (Wildman–Crippen MR) is 125 cm³/mol. The Kier molecular flexibility index (Phi) is 5.13. The number of aromatic nitrogens is 5. The molecule has 1 aliphatic rings. The standard InChI is InChI=1S/C22H25ClN6O2S/c1-22(2,3)31-21(30)28-7-5-13(6-8-28)17-11-29-12-18(32-20(29)24-17)14-9-15(23)19-16(10-14)25-27(4)26-19/h9-13H,5-8H2,1-4H3. The molecule has 10 heteroatoms. The van der Waals surface area contributed by atoms with E-state index >= 15 is 0 Å². The fraction of sp³-hybridized carbons (Fsp3) is 0.455. The van der Waals surface area contributed by atoms with Crippen LogP contribution < -0.4 is 0 Å². The molecule has 32 heavy (non-hydrogen) atoms. The SMILES string of the molecule is Cn1nc2cc(-c3cn4cc(C5CCN(C(=O)OC(C)(C)C)CC5)nc4s3)cc(Cl)c2n1. The molecule has 1 aromatic carbocycles. The second-order valence-corrected chi connectivity index (χ2v) is 10.6. The summed E-state index contributed by atoms with van der Waals surface area (Å²) in [6.07, 6.45) is 5.72. The zero-order valence-corrected chi connectivity index (χ0v) is 20.1. The van der Waals surface area contributed by atoms with Crippen molar-refractivity contribution in [3.05, 3.63) is 35.2 Å². The number of fused-ring (bicyclic) bond motifs is 2. The first kappa shape index (κ1) is 21.2. The number of imidazole rings is 1. The molecule has 3 aromatic heterocycles. The topological polar surface area (TPSA) is 77.5 Å². The summed E-state index contributed by atoms with van der Waals surface area (Å²) in [7, 11) is 1.79. The lowest BCUT2D eigenvalue weighted by molar-refractivity contribution is 0.0204. The van der Waals surface area contributed by atoms with E-state index in [9.17, 15) is 4.79 Å². The monoisotopic (exact) mass is 472 g/mol. The van der Waals surface area contributed by atoms with E-state index in [-0.39, 0.29) is 6.09 Å². The second-order valence-electron chi connectivity index (χ2n) is 9.21. The van der Waals surface area contributed by atoms with E-state index in [1.165, 1.54) is 4.80 Å². The van der Waals surface area contributed by atoms with Gasteiger partial charge in [-0.25, -0.2) is 9.78 Å². The lowest BCUT2D eigenvalue weighted by atomic mass is 9.94. The molecule has 0 atom stereocenters. The van der Waals surface area contributed by atoms with E-state index in [0.29, 0.717) is 29.5 Å². The number of hydrogen-bond donors (Lipinski definition) is 0. The summed E-state index contributed by atoms with van der Waals surface area (Å²) in [5, 5.41) is 9.28. The summed E-state index contributed by atoms with van der Waals surface area (Å²) in [6.45, 7) is 7.05. The maximum absolute atomic E-state index is 12.3. The van der Waals surface area contributed by atoms with Crippen molar-refractivity contribution in [2.24, 2.45) is 7.05 Å². The van der Waals surface area contributed by atoms with Crippen LogP contribution in [0, 0.1) is 0 Å². The Labute approximate surface area is 194 Å². The van der Waals surface area contributed by atoms with E-state index in [1.807, 2.05) is 32.9 Å². The van der Waals surface area contributed by atoms with E-state index in [4.69, 9.17) is 21.3 Å². The van der Waals surface area contributed by atoms with E-state index in [2.05, 4.69) is 27.0 Å². The van der Waals surface area contributed by atoms with Gasteiger partial charge in [0.25, 0.3) is 0 Å². The number of nitrogens with zero attached hydrogens (tertiary/aromatic N) is 6. The van der Waals surface area contributed by atoms with Crippen LogP contribution in [0.3, 0.4) is 0 Å². The molecule has 168 valence electrons. The molecule has 0 unspecified atom stereocenters. The van der Waals surface area contributed by atoms with Crippen molar-refractivity contribution in [3.63, 3.8) is 0 Å². The van der Waals surface area contributed by atoms with Gasteiger partial charge in [-0.1, -0.05) is 22.9 Å². The molecule has 0 aliphatic carbocycles. The molecule has 0 spiro atoms. The van der Waals surface area contributed by atoms with Gasteiger partial charge in [-0.15, -0.1) is 0 Å². The molecule has 1 fully saturated rings. The van der Waals surface area contributed by atoms with Crippen LogP contribution in [0.1, 0.15) is 45.2 Å². The van der Waals surface area contributed by atoms with Crippen LogP contribution in [0.4, 0.5) is 4.79 Å². The van der Waals surface area contributed by atoms with Gasteiger partial charge in [-0.2, -0.15) is 15.0 Å². The highest BCUT2D eigenvalue weighted by Gasteiger charge is 2.28. The Bertz CT molecular complexity index is 1280. The largest absolute Gasteiger partial charge is 0.444 e. The van der Waals surface area contributed by atoms with Gasteiger partial charge >= 0.3 is 6.09 Å². The number of amides is 1. The molecule has 0 saturated carbocycles. The Morgan fingerprint density at radius 1 is 1.19 bits per heavy atom. The minimum Gasteiger partial charge on any atom is -0.444 e. The van der Waals surface area contributed by atoms with Crippen LogP contribution in [0.5, 0.6) is 0 Å². The van der Waals surface area contributed by atoms with E-state index < -0.39 is 5.60 Å². The lowest BCUT2D eigenvalue weighted by Crippen LogP contribution is -2.41. The Morgan fingerprint density at radius 3 is 2.62 bits per heavy atom. The van der Waals surface area contributed by atoms with Crippen LogP contribution in [-0.4, -0.2) is 54.1 Å². The fourth-order valence-corrected chi connectivity index (χ4v) is 5.27. The van der Waals surface area contributed by atoms with Crippen molar-refractivity contribution in [2.75, 3.05) is 13.1 Å². The average Bonchev–Trinajstić information content (AvgIpc) is 3.39. The number of hydrogen-bond acceptors (Lipinski definition) is 6. The van der Waals surface area contributed by atoms with Crippen molar-refractivity contribution in [1.29, 1.82) is 0 Å². The molecular weight excluding hydrogens is 448 g/mol. The van der Waals surface area contributed by atoms with Crippen LogP contribution in [0.2, 0.25) is 5.02 Å². The number of benzene rings is 1. The summed E-state index contributed by atoms with van der Waals surface area (Å²) in [5.41, 5.74) is 3.10. The zero-order valence-electron chi connectivity index (χ0n) is 18.5. The van der Waals surface area contributed by atoms with E-state index in [1.54, 1.807) is 23.3 Å². The Morgan fingerprint density at radius 2 is 1.94 bits per heavy atom. The van der Waals surface area contributed by atoms with Crippen molar-refractivity contribution in [3.8, 4) is 10.4 Å². The number of halogens is 1. The number of piperidine rings is 1. The minimum absolute atomic E-state index is 0.231. The number of thiazole rings is 1.